The Morgan fingerprint density at radius 2 is 2.18 bits per heavy atom. The molecule has 3 nitrogen and oxygen atoms in total. The summed E-state index contributed by atoms with van der Waals surface area (Å²) in [6.45, 7) is 2.46. The molecule has 1 rings (SSSR count). The molecule has 0 aliphatic carbocycles. The maximum Gasteiger partial charge on any atom is 0.196 e. The summed E-state index contributed by atoms with van der Waals surface area (Å²) in [5, 5.41) is 0. The zero-order valence-corrected chi connectivity index (χ0v) is 12.8. The minimum Gasteiger partial charge on any atom is -0.395 e. The van der Waals surface area contributed by atoms with E-state index in [0.29, 0.717) is 0 Å². The second-order valence-electron chi connectivity index (χ2n) is 5.11. The van der Waals surface area contributed by atoms with E-state index in [1.807, 2.05) is 0 Å². The molecule has 0 spiro atoms. The van der Waals surface area contributed by atoms with Gasteiger partial charge in [0.15, 0.2) is 15.8 Å². The molecular weight excluding hydrogens is 254 g/mol. The molecule has 1 aliphatic rings. The van der Waals surface area contributed by atoms with Gasteiger partial charge in [0.25, 0.3) is 0 Å². The SMILES string of the molecule is CCCCC1CCCC(N)[SiH](OCOCl)CC1. The van der Waals surface area contributed by atoms with Gasteiger partial charge in [-0.3, -0.25) is 4.29 Å². The first-order valence-electron chi connectivity index (χ1n) is 6.88. The molecule has 3 unspecified atom stereocenters. The van der Waals surface area contributed by atoms with Crippen LogP contribution in [0.5, 0.6) is 0 Å². The second kappa shape index (κ2) is 9.33. The van der Waals surface area contributed by atoms with Crippen molar-refractivity contribution in [2.75, 3.05) is 6.79 Å². The summed E-state index contributed by atoms with van der Waals surface area (Å²) in [4.78, 5) is 0. The third-order valence-electron chi connectivity index (χ3n) is 3.78. The molecule has 0 bridgehead atoms. The van der Waals surface area contributed by atoms with Crippen LogP contribution in [-0.4, -0.2) is 21.5 Å². The zero-order valence-electron chi connectivity index (χ0n) is 10.9. The van der Waals surface area contributed by atoms with Crippen LogP contribution in [0.15, 0.2) is 0 Å². The first kappa shape index (κ1) is 15.4. The molecule has 1 heterocycles. The minimum absolute atomic E-state index is 0.200. The summed E-state index contributed by atoms with van der Waals surface area (Å²) in [6.07, 6.45) is 9.03. The number of rotatable bonds is 6. The molecule has 3 atom stereocenters. The Kier molecular flexibility index (Phi) is 8.48. The van der Waals surface area contributed by atoms with Crippen LogP contribution in [0, 0.1) is 5.92 Å². The van der Waals surface area contributed by atoms with Crippen LogP contribution >= 0.6 is 11.9 Å². The maximum absolute atomic E-state index is 6.17. The van der Waals surface area contributed by atoms with Crippen molar-refractivity contribution in [2.24, 2.45) is 11.7 Å². The number of hydrogen-bond donors (Lipinski definition) is 1. The van der Waals surface area contributed by atoms with Crippen molar-refractivity contribution < 1.29 is 8.72 Å². The van der Waals surface area contributed by atoms with E-state index in [1.165, 1.54) is 44.6 Å². The molecule has 0 aromatic heterocycles. The normalized spacial score (nSPS) is 30.9. The molecule has 2 N–H and O–H groups in total. The number of unbranched alkanes of at least 4 members (excludes halogenated alkanes) is 1. The Labute approximate surface area is 112 Å². The first-order valence-corrected chi connectivity index (χ1v) is 9.15. The largest absolute Gasteiger partial charge is 0.395 e. The van der Waals surface area contributed by atoms with Crippen LogP contribution in [0.4, 0.5) is 0 Å². The molecular formula is C12H26ClNO2Si. The third-order valence-corrected chi connectivity index (χ3v) is 6.62. The van der Waals surface area contributed by atoms with Gasteiger partial charge in [0.1, 0.15) is 0 Å². The Hall–Kier alpha value is 0.387. The second-order valence-corrected chi connectivity index (χ2v) is 8.17. The molecule has 1 fully saturated rings. The van der Waals surface area contributed by atoms with Gasteiger partial charge in [0.2, 0.25) is 0 Å². The quantitative estimate of drug-likeness (QED) is 0.600. The third kappa shape index (κ3) is 6.20. The van der Waals surface area contributed by atoms with Crippen molar-refractivity contribution in [1.82, 2.24) is 0 Å². The fraction of sp³-hybridized carbons (Fsp3) is 1.00. The molecule has 5 heteroatoms. The highest BCUT2D eigenvalue weighted by atomic mass is 35.5. The number of halogens is 1. The molecule has 0 aromatic rings. The van der Waals surface area contributed by atoms with Crippen LogP contribution in [0.1, 0.15) is 51.9 Å². The van der Waals surface area contributed by atoms with Crippen molar-refractivity contribution in [3.63, 3.8) is 0 Å². The summed E-state index contributed by atoms with van der Waals surface area (Å²) in [6, 6.07) is 1.18. The average Bonchev–Trinajstić information content (AvgIpc) is 2.32. The van der Waals surface area contributed by atoms with E-state index in [1.54, 1.807) is 0 Å². The highest BCUT2D eigenvalue weighted by Gasteiger charge is 2.25. The van der Waals surface area contributed by atoms with E-state index in [4.69, 9.17) is 22.0 Å². The Bertz CT molecular complexity index is 197. The topological polar surface area (TPSA) is 44.5 Å². The predicted molar refractivity (Wildman–Crippen MR) is 74.3 cm³/mol. The Morgan fingerprint density at radius 1 is 1.35 bits per heavy atom. The van der Waals surface area contributed by atoms with Gasteiger partial charge in [-0.15, -0.1) is 0 Å². The lowest BCUT2D eigenvalue weighted by Crippen LogP contribution is -2.42. The Morgan fingerprint density at radius 3 is 2.88 bits per heavy atom. The minimum atomic E-state index is -1.32. The lowest BCUT2D eigenvalue weighted by molar-refractivity contribution is 0.125. The lowest BCUT2D eigenvalue weighted by atomic mass is 9.93. The van der Waals surface area contributed by atoms with Crippen LogP contribution in [-0.2, 0) is 8.72 Å². The van der Waals surface area contributed by atoms with Gasteiger partial charge in [-0.2, -0.15) is 0 Å². The maximum atomic E-state index is 6.17. The van der Waals surface area contributed by atoms with E-state index in [2.05, 4.69) is 11.2 Å². The summed E-state index contributed by atoms with van der Waals surface area (Å²) < 4.78 is 10.2. The monoisotopic (exact) mass is 279 g/mol. The first-order chi connectivity index (χ1) is 8.27. The molecule has 0 radical (unpaired) electrons. The van der Waals surface area contributed by atoms with Crippen molar-refractivity contribution in [1.29, 1.82) is 0 Å². The van der Waals surface area contributed by atoms with E-state index >= 15 is 0 Å². The fourth-order valence-electron chi connectivity index (χ4n) is 2.69. The van der Waals surface area contributed by atoms with Gasteiger partial charge in [0, 0.05) is 5.67 Å². The average molecular weight is 280 g/mol. The number of hydrogen-bond acceptors (Lipinski definition) is 3. The van der Waals surface area contributed by atoms with E-state index in [0.717, 1.165) is 12.3 Å². The van der Waals surface area contributed by atoms with Gasteiger partial charge < -0.3 is 10.2 Å². The summed E-state index contributed by atoms with van der Waals surface area (Å²) in [7, 11) is -1.32. The smallest absolute Gasteiger partial charge is 0.196 e. The van der Waals surface area contributed by atoms with Crippen LogP contribution in [0.3, 0.4) is 0 Å². The van der Waals surface area contributed by atoms with Gasteiger partial charge in [-0.25, -0.2) is 0 Å². The van der Waals surface area contributed by atoms with E-state index in [9.17, 15) is 0 Å². The Balaban J connectivity index is 2.34. The highest BCUT2D eigenvalue weighted by molar-refractivity contribution is 6.53. The van der Waals surface area contributed by atoms with Crippen molar-refractivity contribution in [2.45, 2.75) is 63.6 Å². The van der Waals surface area contributed by atoms with Crippen molar-refractivity contribution >= 4 is 20.9 Å². The van der Waals surface area contributed by atoms with E-state index in [-0.39, 0.29) is 12.5 Å². The molecule has 0 saturated carbocycles. The van der Waals surface area contributed by atoms with Crippen molar-refractivity contribution in [3.05, 3.63) is 0 Å². The standard InChI is InChI=1S/C12H26ClNO2Si/c1-2-3-5-11-6-4-7-12(14)17(9-8-11)16-10-15-13/h11-12,17H,2-10,14H2,1H3. The zero-order chi connectivity index (χ0) is 12.5. The summed E-state index contributed by atoms with van der Waals surface area (Å²) in [5.74, 6) is 0.887. The van der Waals surface area contributed by atoms with Crippen LogP contribution in [0.25, 0.3) is 0 Å². The lowest BCUT2D eigenvalue weighted by Gasteiger charge is -2.28. The number of nitrogens with two attached hydrogens (primary N) is 1. The van der Waals surface area contributed by atoms with E-state index < -0.39 is 9.04 Å². The van der Waals surface area contributed by atoms with Crippen molar-refractivity contribution in [3.8, 4) is 0 Å². The van der Waals surface area contributed by atoms with Crippen LogP contribution in [0.2, 0.25) is 6.04 Å². The summed E-state index contributed by atoms with van der Waals surface area (Å²) >= 11 is 5.20. The summed E-state index contributed by atoms with van der Waals surface area (Å²) in [5.41, 5.74) is 6.45. The van der Waals surface area contributed by atoms with Gasteiger partial charge >= 0.3 is 0 Å². The molecule has 0 aromatic carbocycles. The van der Waals surface area contributed by atoms with Gasteiger partial charge in [-0.05, 0) is 18.4 Å². The van der Waals surface area contributed by atoms with Gasteiger partial charge in [-0.1, -0.05) is 45.4 Å². The molecule has 1 aliphatic heterocycles. The molecule has 102 valence electrons. The molecule has 17 heavy (non-hydrogen) atoms. The highest BCUT2D eigenvalue weighted by Crippen LogP contribution is 2.26. The molecule has 1 saturated heterocycles. The fourth-order valence-corrected chi connectivity index (χ4v) is 5.32. The van der Waals surface area contributed by atoms with Gasteiger partial charge in [0.05, 0.1) is 11.9 Å². The molecule has 0 amide bonds. The predicted octanol–water partition coefficient (Wildman–Crippen LogP) is 3.10. The van der Waals surface area contributed by atoms with Crippen LogP contribution < -0.4 is 5.73 Å².